The van der Waals surface area contributed by atoms with Gasteiger partial charge in [-0.2, -0.15) is 0 Å². The van der Waals surface area contributed by atoms with Crippen LogP contribution in [-0.2, 0) is 4.79 Å². The molecule has 1 aliphatic heterocycles. The van der Waals surface area contributed by atoms with Crippen LogP contribution in [-0.4, -0.2) is 54.5 Å². The maximum atomic E-state index is 11.3. The molecule has 4 heteroatoms. The van der Waals surface area contributed by atoms with Crippen LogP contribution in [0.5, 0.6) is 0 Å². The Morgan fingerprint density at radius 2 is 2.36 bits per heavy atom. The summed E-state index contributed by atoms with van der Waals surface area (Å²) in [5, 5.41) is 0. The molecular formula is C10H21N3O. The van der Waals surface area contributed by atoms with Gasteiger partial charge < -0.3 is 10.6 Å². The van der Waals surface area contributed by atoms with E-state index in [-0.39, 0.29) is 5.91 Å². The highest BCUT2D eigenvalue weighted by molar-refractivity contribution is 5.73. The zero-order chi connectivity index (χ0) is 10.6. The fraction of sp³-hybridized carbons (Fsp3) is 0.900. The van der Waals surface area contributed by atoms with Crippen molar-refractivity contribution in [2.24, 2.45) is 5.73 Å². The van der Waals surface area contributed by atoms with E-state index in [1.54, 1.807) is 6.92 Å². The van der Waals surface area contributed by atoms with Gasteiger partial charge in [0.2, 0.25) is 5.91 Å². The highest BCUT2D eigenvalue weighted by Crippen LogP contribution is 2.14. The van der Waals surface area contributed by atoms with E-state index in [2.05, 4.69) is 4.90 Å². The van der Waals surface area contributed by atoms with Gasteiger partial charge in [0.25, 0.3) is 0 Å². The quantitative estimate of drug-likeness (QED) is 0.687. The van der Waals surface area contributed by atoms with Gasteiger partial charge in [-0.3, -0.25) is 9.69 Å². The van der Waals surface area contributed by atoms with E-state index in [4.69, 9.17) is 5.73 Å². The molecule has 0 unspecified atom stereocenters. The molecule has 1 saturated heterocycles. The molecule has 1 heterocycles. The van der Waals surface area contributed by atoms with Crippen molar-refractivity contribution in [1.29, 1.82) is 0 Å². The van der Waals surface area contributed by atoms with Crippen LogP contribution in [0.1, 0.15) is 20.3 Å². The molecule has 1 rings (SSSR count). The molecule has 1 atom stereocenters. The van der Waals surface area contributed by atoms with Crippen molar-refractivity contribution in [3.8, 4) is 0 Å². The predicted molar refractivity (Wildman–Crippen MR) is 57.0 cm³/mol. The molecule has 82 valence electrons. The van der Waals surface area contributed by atoms with Gasteiger partial charge in [-0.1, -0.05) is 0 Å². The second-order valence-corrected chi connectivity index (χ2v) is 3.84. The SMILES string of the molecule is CCN(C(C)=O)[C@@H]1CCN(CCN)C1. The number of likely N-dealkylation sites (N-methyl/N-ethyl adjacent to an activating group) is 1. The highest BCUT2D eigenvalue weighted by Gasteiger charge is 2.27. The Kier molecular flexibility index (Phi) is 4.35. The summed E-state index contributed by atoms with van der Waals surface area (Å²) >= 11 is 0. The lowest BCUT2D eigenvalue weighted by Gasteiger charge is -2.26. The average Bonchev–Trinajstić information content (AvgIpc) is 2.54. The van der Waals surface area contributed by atoms with Crippen molar-refractivity contribution in [1.82, 2.24) is 9.80 Å². The van der Waals surface area contributed by atoms with Crippen molar-refractivity contribution in [3.05, 3.63) is 0 Å². The summed E-state index contributed by atoms with van der Waals surface area (Å²) in [7, 11) is 0. The summed E-state index contributed by atoms with van der Waals surface area (Å²) in [6.45, 7) is 8.22. The van der Waals surface area contributed by atoms with Gasteiger partial charge in [0.15, 0.2) is 0 Å². The number of hydrogen-bond acceptors (Lipinski definition) is 3. The number of hydrogen-bond donors (Lipinski definition) is 1. The van der Waals surface area contributed by atoms with Crippen molar-refractivity contribution >= 4 is 5.91 Å². The van der Waals surface area contributed by atoms with Crippen LogP contribution >= 0.6 is 0 Å². The number of nitrogens with two attached hydrogens (primary N) is 1. The first-order chi connectivity index (χ1) is 6.69. The lowest BCUT2D eigenvalue weighted by molar-refractivity contribution is -0.130. The topological polar surface area (TPSA) is 49.6 Å². The third kappa shape index (κ3) is 2.69. The van der Waals surface area contributed by atoms with Gasteiger partial charge in [-0.25, -0.2) is 0 Å². The molecule has 0 aromatic carbocycles. The summed E-state index contributed by atoms with van der Waals surface area (Å²) in [4.78, 5) is 15.6. The average molecular weight is 199 g/mol. The minimum absolute atomic E-state index is 0.187. The van der Waals surface area contributed by atoms with Crippen LogP contribution in [0, 0.1) is 0 Å². The zero-order valence-corrected chi connectivity index (χ0v) is 9.20. The molecule has 0 bridgehead atoms. The van der Waals surface area contributed by atoms with Crippen LogP contribution < -0.4 is 5.73 Å². The number of carbonyl (C=O) groups excluding carboxylic acids is 1. The van der Waals surface area contributed by atoms with Gasteiger partial charge in [0.05, 0.1) is 0 Å². The van der Waals surface area contributed by atoms with E-state index in [9.17, 15) is 4.79 Å². The number of amides is 1. The Balaban J connectivity index is 2.43. The standard InChI is InChI=1S/C10H21N3O/c1-3-13(9(2)14)10-4-6-12(8-10)7-5-11/h10H,3-8,11H2,1-2H3/t10-/m1/s1. The molecule has 0 saturated carbocycles. The summed E-state index contributed by atoms with van der Waals surface area (Å²) in [5.74, 6) is 0.187. The van der Waals surface area contributed by atoms with Gasteiger partial charge in [-0.05, 0) is 13.3 Å². The van der Waals surface area contributed by atoms with Gasteiger partial charge in [-0.15, -0.1) is 0 Å². The highest BCUT2D eigenvalue weighted by atomic mass is 16.2. The maximum Gasteiger partial charge on any atom is 0.219 e. The zero-order valence-electron chi connectivity index (χ0n) is 9.20. The Labute approximate surface area is 86.0 Å². The van der Waals surface area contributed by atoms with Gasteiger partial charge >= 0.3 is 0 Å². The molecule has 1 amide bonds. The molecule has 0 spiro atoms. The first-order valence-corrected chi connectivity index (χ1v) is 5.38. The first kappa shape index (κ1) is 11.5. The number of likely N-dealkylation sites (tertiary alicyclic amines) is 1. The summed E-state index contributed by atoms with van der Waals surface area (Å²) in [6, 6.07) is 0.407. The van der Waals surface area contributed by atoms with E-state index < -0.39 is 0 Å². The molecule has 4 nitrogen and oxygen atoms in total. The van der Waals surface area contributed by atoms with Crippen LogP contribution in [0.15, 0.2) is 0 Å². The first-order valence-electron chi connectivity index (χ1n) is 5.38. The second-order valence-electron chi connectivity index (χ2n) is 3.84. The van der Waals surface area contributed by atoms with E-state index >= 15 is 0 Å². The van der Waals surface area contributed by atoms with Crippen LogP contribution in [0.25, 0.3) is 0 Å². The van der Waals surface area contributed by atoms with E-state index in [0.717, 1.165) is 32.6 Å². The Hall–Kier alpha value is -0.610. The minimum atomic E-state index is 0.187. The third-order valence-corrected chi connectivity index (χ3v) is 2.88. The van der Waals surface area contributed by atoms with Crippen molar-refractivity contribution < 1.29 is 4.79 Å². The molecule has 0 aliphatic carbocycles. The normalized spacial score (nSPS) is 22.6. The molecular weight excluding hydrogens is 178 g/mol. The summed E-state index contributed by atoms with van der Waals surface area (Å²) in [6.07, 6.45) is 1.09. The Bertz CT molecular complexity index is 196. The predicted octanol–water partition coefficient (Wildman–Crippen LogP) is -0.112. The van der Waals surface area contributed by atoms with Crippen LogP contribution in [0.4, 0.5) is 0 Å². The minimum Gasteiger partial charge on any atom is -0.339 e. The van der Waals surface area contributed by atoms with Crippen LogP contribution in [0.3, 0.4) is 0 Å². The summed E-state index contributed by atoms with van der Waals surface area (Å²) < 4.78 is 0. The van der Waals surface area contributed by atoms with E-state index in [0.29, 0.717) is 12.6 Å². The maximum absolute atomic E-state index is 11.3. The molecule has 14 heavy (non-hydrogen) atoms. The van der Waals surface area contributed by atoms with Crippen molar-refractivity contribution in [2.75, 3.05) is 32.7 Å². The number of rotatable bonds is 4. The number of carbonyl (C=O) groups is 1. The van der Waals surface area contributed by atoms with Gasteiger partial charge in [0.1, 0.15) is 0 Å². The lowest BCUT2D eigenvalue weighted by Crippen LogP contribution is -2.41. The molecule has 2 N–H and O–H groups in total. The fourth-order valence-corrected chi connectivity index (χ4v) is 2.19. The summed E-state index contributed by atoms with van der Waals surface area (Å²) in [5.41, 5.74) is 5.50. The smallest absolute Gasteiger partial charge is 0.219 e. The molecule has 0 aromatic rings. The fourth-order valence-electron chi connectivity index (χ4n) is 2.19. The van der Waals surface area contributed by atoms with Crippen molar-refractivity contribution in [2.45, 2.75) is 26.3 Å². The molecule has 1 fully saturated rings. The Morgan fingerprint density at radius 1 is 1.64 bits per heavy atom. The largest absolute Gasteiger partial charge is 0.339 e. The lowest BCUT2D eigenvalue weighted by atomic mass is 10.2. The Morgan fingerprint density at radius 3 is 2.86 bits per heavy atom. The monoisotopic (exact) mass is 199 g/mol. The van der Waals surface area contributed by atoms with E-state index in [1.165, 1.54) is 0 Å². The van der Waals surface area contributed by atoms with Crippen LogP contribution in [0.2, 0.25) is 0 Å². The van der Waals surface area contributed by atoms with E-state index in [1.807, 2.05) is 11.8 Å². The number of nitrogens with zero attached hydrogens (tertiary/aromatic N) is 2. The second kappa shape index (κ2) is 5.32. The third-order valence-electron chi connectivity index (χ3n) is 2.88. The molecule has 1 aliphatic rings. The molecule has 0 radical (unpaired) electrons. The van der Waals surface area contributed by atoms with Gasteiger partial charge in [0, 0.05) is 45.7 Å². The van der Waals surface area contributed by atoms with Crippen molar-refractivity contribution in [3.63, 3.8) is 0 Å². The molecule has 0 aromatic heterocycles.